The minimum absolute atomic E-state index is 0.829. The van der Waals surface area contributed by atoms with Crippen LogP contribution >= 0.6 is 11.3 Å². The van der Waals surface area contributed by atoms with Crippen LogP contribution in [-0.2, 0) is 0 Å². The number of fused-ring (bicyclic) bond motifs is 10. The Balaban J connectivity index is 1.14. The fraction of sp³-hybridized carbons (Fsp3) is 0. The van der Waals surface area contributed by atoms with Crippen LogP contribution in [0.5, 0.6) is 0 Å². The van der Waals surface area contributed by atoms with Crippen molar-refractivity contribution in [3.63, 3.8) is 0 Å². The van der Waals surface area contributed by atoms with Gasteiger partial charge < -0.3 is 8.83 Å². The predicted octanol–water partition coefficient (Wildman–Crippen LogP) is 14.0. The summed E-state index contributed by atoms with van der Waals surface area (Å²) in [4.78, 5) is 0. The molecule has 0 N–H and O–H groups in total. The van der Waals surface area contributed by atoms with E-state index in [1.165, 1.54) is 58.4 Å². The molecule has 8 aromatic carbocycles. The van der Waals surface area contributed by atoms with Gasteiger partial charge in [0.1, 0.15) is 16.7 Å². The molecule has 0 radical (unpaired) electrons. The first-order chi connectivity index (χ1) is 24.3. The van der Waals surface area contributed by atoms with Crippen LogP contribution in [-0.4, -0.2) is 0 Å². The monoisotopic (exact) mass is 642 g/mol. The van der Waals surface area contributed by atoms with Crippen molar-refractivity contribution in [2.75, 3.05) is 0 Å². The molecule has 0 unspecified atom stereocenters. The fourth-order valence-corrected chi connectivity index (χ4v) is 9.13. The fourth-order valence-electron chi connectivity index (χ4n) is 7.98. The molecular formula is C46H26O2S. The highest BCUT2D eigenvalue weighted by molar-refractivity contribution is 7.25. The molecule has 2 nitrogen and oxygen atoms in total. The summed E-state index contributed by atoms with van der Waals surface area (Å²) in [5.41, 5.74) is 9.63. The molecule has 0 aliphatic rings. The van der Waals surface area contributed by atoms with E-state index < -0.39 is 0 Å². The zero-order valence-corrected chi connectivity index (χ0v) is 27.1. The normalized spacial score (nSPS) is 12.1. The van der Waals surface area contributed by atoms with Crippen LogP contribution in [0, 0.1) is 0 Å². The van der Waals surface area contributed by atoms with Gasteiger partial charge in [0.15, 0.2) is 0 Å². The van der Waals surface area contributed by atoms with E-state index in [4.69, 9.17) is 8.83 Å². The maximum absolute atomic E-state index is 6.56. The highest BCUT2D eigenvalue weighted by Gasteiger charge is 2.20. The Labute approximate surface area is 285 Å². The Kier molecular flexibility index (Phi) is 5.57. The predicted molar refractivity (Wildman–Crippen MR) is 208 cm³/mol. The summed E-state index contributed by atoms with van der Waals surface area (Å²) in [7, 11) is 0. The van der Waals surface area contributed by atoms with Gasteiger partial charge in [0.25, 0.3) is 0 Å². The Hall–Kier alpha value is -6.16. The quantitative estimate of drug-likeness (QED) is 0.179. The standard InChI is InChI=1S/C46H26O2S/c1-2-10-27(11-3-1)38-26-47-46-36(38)22-23-39-45(46)37-21-19-28(24-40(37)48-39)43-32-13-4-6-15-34(32)44(35-16-7-5-14-33(35)43)29-18-20-31-30-12-8-9-17-41(30)49-42(31)25-29/h1-26H. The molecule has 49 heavy (non-hydrogen) atoms. The van der Waals surface area contributed by atoms with Crippen molar-refractivity contribution < 1.29 is 8.83 Å². The third-order valence-corrected chi connectivity index (χ3v) is 11.3. The van der Waals surface area contributed by atoms with E-state index in [0.29, 0.717) is 0 Å². The first-order valence-corrected chi connectivity index (χ1v) is 17.4. The van der Waals surface area contributed by atoms with Crippen molar-refractivity contribution in [2.45, 2.75) is 0 Å². The molecule has 0 saturated heterocycles. The average molecular weight is 643 g/mol. The Bertz CT molecular complexity index is 3050. The van der Waals surface area contributed by atoms with E-state index in [2.05, 4.69) is 146 Å². The summed E-state index contributed by atoms with van der Waals surface area (Å²) >= 11 is 1.87. The average Bonchev–Trinajstić information content (AvgIpc) is 3.86. The van der Waals surface area contributed by atoms with Gasteiger partial charge >= 0.3 is 0 Å². The number of rotatable bonds is 3. The molecule has 228 valence electrons. The molecule has 0 fully saturated rings. The van der Waals surface area contributed by atoms with E-state index >= 15 is 0 Å². The summed E-state index contributed by atoms with van der Waals surface area (Å²) in [5.74, 6) is 0. The molecular weight excluding hydrogens is 617 g/mol. The van der Waals surface area contributed by atoms with E-state index in [1.807, 2.05) is 23.7 Å². The number of thiophene rings is 1. The lowest BCUT2D eigenvalue weighted by molar-refractivity contribution is 0.619. The maximum atomic E-state index is 6.56. The summed E-state index contributed by atoms with van der Waals surface area (Å²) in [6.45, 7) is 0. The Morgan fingerprint density at radius 3 is 1.67 bits per heavy atom. The molecule has 0 spiro atoms. The van der Waals surface area contributed by atoms with Gasteiger partial charge in [-0.05, 0) is 85.8 Å². The van der Waals surface area contributed by atoms with Gasteiger partial charge in [0, 0.05) is 36.5 Å². The van der Waals surface area contributed by atoms with Crippen molar-refractivity contribution in [1.29, 1.82) is 0 Å². The number of hydrogen-bond donors (Lipinski definition) is 0. The number of hydrogen-bond acceptors (Lipinski definition) is 3. The highest BCUT2D eigenvalue weighted by atomic mass is 32.1. The Morgan fingerprint density at radius 2 is 0.959 bits per heavy atom. The van der Waals surface area contributed by atoms with Crippen LogP contribution in [0.4, 0.5) is 0 Å². The molecule has 3 heterocycles. The zero-order valence-electron chi connectivity index (χ0n) is 26.2. The van der Waals surface area contributed by atoms with E-state index in [1.54, 1.807) is 0 Å². The zero-order chi connectivity index (χ0) is 32.1. The van der Waals surface area contributed by atoms with Gasteiger partial charge in [-0.2, -0.15) is 0 Å². The van der Waals surface area contributed by atoms with Crippen LogP contribution in [0.25, 0.3) is 108 Å². The molecule has 11 rings (SSSR count). The Morgan fingerprint density at radius 1 is 0.388 bits per heavy atom. The van der Waals surface area contributed by atoms with Crippen LogP contribution in [0.1, 0.15) is 0 Å². The minimum atomic E-state index is 0.829. The van der Waals surface area contributed by atoms with Crippen molar-refractivity contribution in [1.82, 2.24) is 0 Å². The summed E-state index contributed by atoms with van der Waals surface area (Å²) < 4.78 is 15.5. The van der Waals surface area contributed by atoms with Crippen molar-refractivity contribution in [2.24, 2.45) is 0 Å². The second-order valence-electron chi connectivity index (χ2n) is 12.8. The third-order valence-electron chi connectivity index (χ3n) is 10.1. The SMILES string of the molecule is c1ccc(-c2coc3c2ccc2oc4cc(-c5c6ccccc6c(-c6ccc7c(c6)sc6ccccc67)c6ccccc56)ccc4c23)cc1. The molecule has 3 heteroatoms. The molecule has 0 bridgehead atoms. The summed E-state index contributed by atoms with van der Waals surface area (Å²) in [5, 5.41) is 10.7. The number of benzene rings is 8. The molecule has 0 atom stereocenters. The second kappa shape index (κ2) is 10.2. The molecule has 0 aliphatic heterocycles. The van der Waals surface area contributed by atoms with Gasteiger partial charge in [0.05, 0.1) is 11.6 Å². The topological polar surface area (TPSA) is 26.3 Å². The lowest BCUT2D eigenvalue weighted by Gasteiger charge is -2.17. The molecule has 0 amide bonds. The smallest absolute Gasteiger partial charge is 0.146 e. The van der Waals surface area contributed by atoms with Crippen LogP contribution in [0.2, 0.25) is 0 Å². The number of furan rings is 2. The van der Waals surface area contributed by atoms with E-state index in [-0.39, 0.29) is 0 Å². The summed E-state index contributed by atoms with van der Waals surface area (Å²) in [6.07, 6.45) is 1.87. The molecule has 3 aromatic heterocycles. The third kappa shape index (κ3) is 3.88. The van der Waals surface area contributed by atoms with E-state index in [0.717, 1.165) is 49.6 Å². The largest absolute Gasteiger partial charge is 0.463 e. The van der Waals surface area contributed by atoms with Crippen molar-refractivity contribution >= 4 is 86.0 Å². The highest BCUT2D eigenvalue weighted by Crippen LogP contribution is 2.47. The van der Waals surface area contributed by atoms with Crippen molar-refractivity contribution in [3.8, 4) is 33.4 Å². The molecule has 11 aromatic rings. The van der Waals surface area contributed by atoms with E-state index in [9.17, 15) is 0 Å². The van der Waals surface area contributed by atoms with Gasteiger partial charge in [0.2, 0.25) is 0 Å². The summed E-state index contributed by atoms with van der Waals surface area (Å²) in [6, 6.07) is 54.6. The van der Waals surface area contributed by atoms with Crippen LogP contribution in [0.3, 0.4) is 0 Å². The van der Waals surface area contributed by atoms with Gasteiger partial charge in [-0.1, -0.05) is 115 Å². The lowest BCUT2D eigenvalue weighted by Crippen LogP contribution is -1.90. The first-order valence-electron chi connectivity index (χ1n) is 16.6. The maximum Gasteiger partial charge on any atom is 0.146 e. The van der Waals surface area contributed by atoms with Crippen molar-refractivity contribution in [3.05, 3.63) is 158 Å². The van der Waals surface area contributed by atoms with Crippen LogP contribution < -0.4 is 0 Å². The van der Waals surface area contributed by atoms with Gasteiger partial charge in [-0.15, -0.1) is 11.3 Å². The lowest BCUT2D eigenvalue weighted by atomic mass is 9.85. The second-order valence-corrected chi connectivity index (χ2v) is 13.9. The minimum Gasteiger partial charge on any atom is -0.463 e. The molecule has 0 saturated carbocycles. The molecule has 0 aliphatic carbocycles. The van der Waals surface area contributed by atoms with Gasteiger partial charge in [-0.3, -0.25) is 0 Å². The van der Waals surface area contributed by atoms with Crippen LogP contribution in [0.15, 0.2) is 167 Å². The first kappa shape index (κ1) is 26.9. The van der Waals surface area contributed by atoms with Gasteiger partial charge in [-0.25, -0.2) is 0 Å².